The SMILES string of the molecule is Fc1ccc(CCN2COc3c(cc(Br)c4cccnc34)C2)cc1. The minimum absolute atomic E-state index is 0.196. The van der Waals surface area contributed by atoms with Gasteiger partial charge >= 0.3 is 0 Å². The highest BCUT2D eigenvalue weighted by atomic mass is 79.9. The summed E-state index contributed by atoms with van der Waals surface area (Å²) in [5.74, 6) is 0.685. The van der Waals surface area contributed by atoms with Gasteiger partial charge in [-0.15, -0.1) is 0 Å². The number of benzene rings is 2. The van der Waals surface area contributed by atoms with Gasteiger partial charge < -0.3 is 4.74 Å². The lowest BCUT2D eigenvalue weighted by molar-refractivity contribution is 0.0980. The molecule has 0 aliphatic carbocycles. The second-order valence-electron chi connectivity index (χ2n) is 5.95. The van der Waals surface area contributed by atoms with Crippen LogP contribution in [0.4, 0.5) is 4.39 Å². The molecule has 0 amide bonds. The van der Waals surface area contributed by atoms with Crippen molar-refractivity contribution in [3.8, 4) is 5.75 Å². The first-order valence-electron chi connectivity index (χ1n) is 7.86. The van der Waals surface area contributed by atoms with Crippen LogP contribution in [0.3, 0.4) is 0 Å². The van der Waals surface area contributed by atoms with E-state index in [4.69, 9.17) is 4.74 Å². The maximum atomic E-state index is 13.0. The molecule has 0 unspecified atom stereocenters. The van der Waals surface area contributed by atoms with Crippen molar-refractivity contribution in [2.24, 2.45) is 0 Å². The molecule has 0 radical (unpaired) electrons. The Hall–Kier alpha value is -1.98. The molecular formula is C19H16BrFN2O. The fraction of sp³-hybridized carbons (Fsp3) is 0.211. The molecule has 5 heteroatoms. The van der Waals surface area contributed by atoms with Crippen molar-refractivity contribution in [3.63, 3.8) is 0 Å². The van der Waals surface area contributed by atoms with E-state index in [1.165, 1.54) is 12.1 Å². The standard InChI is InChI=1S/C19H16BrFN2O/c20-17-10-14-11-23(9-7-13-3-5-15(21)6-4-13)12-24-19(14)18-16(17)2-1-8-22-18/h1-6,8,10H,7,9,11-12H2. The van der Waals surface area contributed by atoms with Crippen molar-refractivity contribution in [3.05, 3.63) is 70.1 Å². The first-order chi connectivity index (χ1) is 11.7. The number of pyridine rings is 1. The predicted molar refractivity (Wildman–Crippen MR) is 95.5 cm³/mol. The van der Waals surface area contributed by atoms with E-state index in [0.29, 0.717) is 6.73 Å². The molecule has 3 aromatic rings. The zero-order valence-corrected chi connectivity index (χ0v) is 14.6. The molecule has 1 aliphatic rings. The minimum Gasteiger partial charge on any atom is -0.475 e. The van der Waals surface area contributed by atoms with Gasteiger partial charge in [-0.1, -0.05) is 34.1 Å². The summed E-state index contributed by atoms with van der Waals surface area (Å²) >= 11 is 3.63. The monoisotopic (exact) mass is 386 g/mol. The van der Waals surface area contributed by atoms with Crippen LogP contribution in [-0.2, 0) is 13.0 Å². The highest BCUT2D eigenvalue weighted by Crippen LogP contribution is 2.36. The lowest BCUT2D eigenvalue weighted by Crippen LogP contribution is -2.33. The summed E-state index contributed by atoms with van der Waals surface area (Å²) in [6, 6.07) is 12.8. The molecule has 24 heavy (non-hydrogen) atoms. The molecule has 0 fully saturated rings. The third kappa shape index (κ3) is 3.01. The maximum Gasteiger partial charge on any atom is 0.152 e. The molecule has 0 saturated heterocycles. The minimum atomic E-state index is -0.196. The van der Waals surface area contributed by atoms with Gasteiger partial charge in [0.2, 0.25) is 0 Å². The predicted octanol–water partition coefficient (Wildman–Crippen LogP) is 4.53. The topological polar surface area (TPSA) is 25.4 Å². The smallest absolute Gasteiger partial charge is 0.152 e. The van der Waals surface area contributed by atoms with Crippen LogP contribution in [-0.4, -0.2) is 23.2 Å². The summed E-state index contributed by atoms with van der Waals surface area (Å²) < 4.78 is 20.0. The Kier molecular flexibility index (Phi) is 4.21. The van der Waals surface area contributed by atoms with Gasteiger partial charge in [0, 0.05) is 34.7 Å². The molecule has 0 saturated carbocycles. The fourth-order valence-electron chi connectivity index (χ4n) is 3.03. The third-order valence-electron chi connectivity index (χ3n) is 4.29. The number of halogens is 2. The van der Waals surface area contributed by atoms with E-state index in [1.807, 2.05) is 24.3 Å². The fourth-order valence-corrected chi connectivity index (χ4v) is 3.63. The van der Waals surface area contributed by atoms with Crippen molar-refractivity contribution in [1.29, 1.82) is 0 Å². The van der Waals surface area contributed by atoms with Gasteiger partial charge in [0.15, 0.2) is 5.75 Å². The molecular weight excluding hydrogens is 371 g/mol. The Bertz CT molecular complexity index is 882. The number of aromatic nitrogens is 1. The average Bonchev–Trinajstić information content (AvgIpc) is 2.61. The van der Waals surface area contributed by atoms with E-state index in [-0.39, 0.29) is 5.82 Å². The molecule has 0 atom stereocenters. The first-order valence-corrected chi connectivity index (χ1v) is 8.66. The Morgan fingerprint density at radius 2 is 2.04 bits per heavy atom. The van der Waals surface area contributed by atoms with Crippen LogP contribution in [0.15, 0.2) is 53.1 Å². The summed E-state index contributed by atoms with van der Waals surface area (Å²) in [4.78, 5) is 6.72. The average molecular weight is 387 g/mol. The van der Waals surface area contributed by atoms with Crippen LogP contribution < -0.4 is 4.74 Å². The van der Waals surface area contributed by atoms with Crippen molar-refractivity contribution in [2.75, 3.05) is 13.3 Å². The zero-order chi connectivity index (χ0) is 16.5. The number of rotatable bonds is 3. The third-order valence-corrected chi connectivity index (χ3v) is 4.94. The van der Waals surface area contributed by atoms with Crippen molar-refractivity contribution >= 4 is 26.8 Å². The van der Waals surface area contributed by atoms with Gasteiger partial charge in [-0.3, -0.25) is 9.88 Å². The van der Waals surface area contributed by atoms with Crippen LogP contribution in [0.2, 0.25) is 0 Å². The largest absolute Gasteiger partial charge is 0.475 e. The Labute approximate surface area is 148 Å². The maximum absolute atomic E-state index is 13.0. The molecule has 4 rings (SSSR count). The van der Waals surface area contributed by atoms with Gasteiger partial charge in [-0.2, -0.15) is 0 Å². The Morgan fingerprint density at radius 1 is 1.21 bits per heavy atom. The van der Waals surface area contributed by atoms with Crippen LogP contribution in [0.5, 0.6) is 5.75 Å². The molecule has 1 aromatic heterocycles. The zero-order valence-electron chi connectivity index (χ0n) is 13.0. The van der Waals surface area contributed by atoms with Crippen molar-refractivity contribution in [1.82, 2.24) is 9.88 Å². The van der Waals surface area contributed by atoms with E-state index in [1.54, 1.807) is 6.20 Å². The second kappa shape index (κ2) is 6.49. The van der Waals surface area contributed by atoms with Crippen molar-refractivity contribution < 1.29 is 9.13 Å². The van der Waals surface area contributed by atoms with E-state index < -0.39 is 0 Å². The number of fused-ring (bicyclic) bond motifs is 3. The number of hydrogen-bond donors (Lipinski definition) is 0. The summed E-state index contributed by atoms with van der Waals surface area (Å²) in [5.41, 5.74) is 3.17. The van der Waals surface area contributed by atoms with Gasteiger partial charge in [0.25, 0.3) is 0 Å². The Balaban J connectivity index is 1.52. The molecule has 0 N–H and O–H groups in total. The van der Waals surface area contributed by atoms with Crippen LogP contribution in [0.25, 0.3) is 10.9 Å². The summed E-state index contributed by atoms with van der Waals surface area (Å²) in [5, 5.41) is 1.07. The molecule has 0 spiro atoms. The van der Waals surface area contributed by atoms with Crippen LogP contribution >= 0.6 is 15.9 Å². The van der Waals surface area contributed by atoms with Gasteiger partial charge in [0.1, 0.15) is 18.1 Å². The van der Waals surface area contributed by atoms with Crippen LogP contribution in [0.1, 0.15) is 11.1 Å². The van der Waals surface area contributed by atoms with E-state index in [9.17, 15) is 4.39 Å². The Morgan fingerprint density at radius 3 is 2.88 bits per heavy atom. The van der Waals surface area contributed by atoms with Gasteiger partial charge in [-0.05, 0) is 36.2 Å². The quantitative estimate of drug-likeness (QED) is 0.660. The van der Waals surface area contributed by atoms with Gasteiger partial charge in [0.05, 0.1) is 0 Å². The molecule has 3 nitrogen and oxygen atoms in total. The van der Waals surface area contributed by atoms with E-state index in [2.05, 4.69) is 31.9 Å². The molecule has 2 heterocycles. The summed E-state index contributed by atoms with van der Waals surface area (Å²) in [7, 11) is 0. The number of hydrogen-bond acceptors (Lipinski definition) is 3. The highest BCUT2D eigenvalue weighted by Gasteiger charge is 2.21. The summed E-state index contributed by atoms with van der Waals surface area (Å²) in [6.45, 7) is 2.23. The number of ether oxygens (including phenoxy) is 1. The molecule has 1 aliphatic heterocycles. The van der Waals surface area contributed by atoms with Crippen LogP contribution in [0, 0.1) is 5.82 Å². The lowest BCUT2D eigenvalue weighted by atomic mass is 10.1. The van der Waals surface area contributed by atoms with E-state index in [0.717, 1.165) is 51.8 Å². The van der Waals surface area contributed by atoms with E-state index >= 15 is 0 Å². The first kappa shape index (κ1) is 15.5. The molecule has 2 aromatic carbocycles. The highest BCUT2D eigenvalue weighted by molar-refractivity contribution is 9.10. The normalized spacial score (nSPS) is 14.4. The van der Waals surface area contributed by atoms with Gasteiger partial charge in [-0.25, -0.2) is 4.39 Å². The second-order valence-corrected chi connectivity index (χ2v) is 6.80. The lowest BCUT2D eigenvalue weighted by Gasteiger charge is -2.29. The van der Waals surface area contributed by atoms with Crippen molar-refractivity contribution in [2.45, 2.75) is 13.0 Å². The molecule has 122 valence electrons. The summed E-state index contributed by atoms with van der Waals surface area (Å²) in [6.07, 6.45) is 2.66. The molecule has 0 bridgehead atoms. The number of nitrogens with zero attached hydrogens (tertiary/aromatic N) is 2.